The Labute approximate surface area is 203 Å². The van der Waals surface area contributed by atoms with Gasteiger partial charge in [0.05, 0.1) is 11.1 Å². The van der Waals surface area contributed by atoms with Gasteiger partial charge in [-0.2, -0.15) is 5.10 Å². The second kappa shape index (κ2) is 10.1. The largest absolute Gasteiger partial charge is 0.368 e. The Balaban J connectivity index is 1.61. The Morgan fingerprint density at radius 2 is 2.15 bits per heavy atom. The Morgan fingerprint density at radius 1 is 1.36 bits per heavy atom. The number of hydrogen-bond acceptors (Lipinski definition) is 7. The van der Waals surface area contributed by atoms with Crippen LogP contribution < -0.4 is 11.1 Å². The third-order valence-corrected chi connectivity index (χ3v) is 6.47. The molecule has 2 heterocycles. The number of rotatable bonds is 7. The van der Waals surface area contributed by atoms with E-state index in [1.54, 1.807) is 5.01 Å². The number of hydrazone groups is 1. The van der Waals surface area contributed by atoms with Crippen molar-refractivity contribution in [1.29, 1.82) is 0 Å². The van der Waals surface area contributed by atoms with Crippen LogP contribution in [0.25, 0.3) is 0 Å². The molecule has 0 spiro atoms. The molecule has 33 heavy (non-hydrogen) atoms. The number of likely N-dealkylation sites (tertiary alicyclic amines) is 1. The van der Waals surface area contributed by atoms with E-state index >= 15 is 0 Å². The molecule has 1 aromatic carbocycles. The van der Waals surface area contributed by atoms with Crippen LogP contribution in [0, 0.1) is 0 Å². The van der Waals surface area contributed by atoms with Gasteiger partial charge in [-0.1, -0.05) is 55.0 Å². The summed E-state index contributed by atoms with van der Waals surface area (Å²) in [5, 5.41) is 10.5. The molecule has 1 aliphatic carbocycles. The number of hydrogen-bond donors (Lipinski definition) is 2. The quantitative estimate of drug-likeness (QED) is 0.456. The molecule has 3 N–H and O–H groups in total. The van der Waals surface area contributed by atoms with E-state index in [0.29, 0.717) is 43.7 Å². The van der Waals surface area contributed by atoms with Crippen LogP contribution >= 0.6 is 23.2 Å². The minimum atomic E-state index is -0.761. The molecular formula is C23H27Cl2N7O. The summed E-state index contributed by atoms with van der Waals surface area (Å²) in [6.07, 6.45) is 9.02. The second-order valence-electron chi connectivity index (χ2n) is 8.19. The number of halogens is 2. The number of aliphatic imine (C=N–C) groups is 2. The summed E-state index contributed by atoms with van der Waals surface area (Å²) < 4.78 is 0. The number of guanidine groups is 1. The van der Waals surface area contributed by atoms with Crippen molar-refractivity contribution in [3.8, 4) is 0 Å². The van der Waals surface area contributed by atoms with Crippen LogP contribution in [-0.4, -0.2) is 71.0 Å². The van der Waals surface area contributed by atoms with Crippen molar-refractivity contribution < 1.29 is 4.79 Å². The number of nitrogens with zero attached hydrogens (tertiary/aromatic N) is 5. The van der Waals surface area contributed by atoms with E-state index in [4.69, 9.17) is 34.0 Å². The molecule has 1 saturated heterocycles. The zero-order chi connectivity index (χ0) is 23.4. The van der Waals surface area contributed by atoms with Crippen LogP contribution in [0.5, 0.6) is 0 Å². The maximum absolute atomic E-state index is 12.0. The van der Waals surface area contributed by atoms with Gasteiger partial charge in [-0.15, -0.1) is 11.6 Å². The van der Waals surface area contributed by atoms with E-state index < -0.39 is 5.54 Å². The van der Waals surface area contributed by atoms with Crippen molar-refractivity contribution in [3.63, 3.8) is 0 Å². The average Bonchev–Trinajstić information content (AvgIpc) is 2.78. The summed E-state index contributed by atoms with van der Waals surface area (Å²) in [5.41, 5.74) is 7.66. The highest BCUT2D eigenvalue weighted by Gasteiger charge is 2.49. The maximum Gasteiger partial charge on any atom is 0.241 e. The molecule has 1 atom stereocenters. The first kappa shape index (κ1) is 23.5. The second-order valence-corrected chi connectivity index (χ2v) is 9.16. The van der Waals surface area contributed by atoms with Gasteiger partial charge in [0.25, 0.3) is 0 Å². The normalized spacial score (nSPS) is 22.0. The lowest BCUT2D eigenvalue weighted by Gasteiger charge is -2.50. The molecule has 4 rings (SSSR count). The number of nitrogens with two attached hydrogens (primary N) is 1. The van der Waals surface area contributed by atoms with E-state index in [9.17, 15) is 4.79 Å². The molecular weight excluding hydrogens is 461 g/mol. The van der Waals surface area contributed by atoms with Gasteiger partial charge in [0.15, 0.2) is 0 Å². The average molecular weight is 488 g/mol. The molecule has 174 valence electrons. The standard InChI is InChI=1S/C23H27Cl2N7O/c1-2-29-23(21(26)33)12-31(13-23)22-28-14-27-15-32(22)30-20(18-5-3-4-6-19(18)25)11-16-7-9-17(24)10-8-16/h3-9,14,17,29H,2,10-13,15H2,1H3,(H2,26,33)/b30-20+. The van der Waals surface area contributed by atoms with Gasteiger partial charge < -0.3 is 16.0 Å². The van der Waals surface area contributed by atoms with Gasteiger partial charge >= 0.3 is 0 Å². The van der Waals surface area contributed by atoms with E-state index in [1.165, 1.54) is 6.34 Å². The number of benzene rings is 1. The molecule has 0 saturated carbocycles. The Bertz CT molecular complexity index is 1060. The number of primary amides is 1. The number of likely N-dealkylation sites (N-methyl/N-ethyl adjacent to an activating group) is 1. The Hall–Kier alpha value is -2.68. The third kappa shape index (κ3) is 5.13. The molecule has 1 amide bonds. The zero-order valence-electron chi connectivity index (χ0n) is 18.4. The molecule has 10 heteroatoms. The molecule has 3 aliphatic rings. The first-order valence-corrected chi connectivity index (χ1v) is 11.7. The monoisotopic (exact) mass is 487 g/mol. The van der Waals surface area contributed by atoms with Gasteiger partial charge in [-0.3, -0.25) is 4.79 Å². The Morgan fingerprint density at radius 3 is 2.82 bits per heavy atom. The lowest BCUT2D eigenvalue weighted by Crippen LogP contribution is -2.76. The number of amides is 1. The number of allylic oxidation sites excluding steroid dienone is 4. The summed E-state index contributed by atoms with van der Waals surface area (Å²) in [7, 11) is 0. The smallest absolute Gasteiger partial charge is 0.241 e. The highest BCUT2D eigenvalue weighted by atomic mass is 35.5. The van der Waals surface area contributed by atoms with Crippen molar-refractivity contribution in [2.45, 2.75) is 30.7 Å². The number of alkyl halides is 1. The fourth-order valence-electron chi connectivity index (χ4n) is 4.09. The summed E-state index contributed by atoms with van der Waals surface area (Å²) in [6, 6.07) is 7.63. The van der Waals surface area contributed by atoms with E-state index in [-0.39, 0.29) is 11.3 Å². The van der Waals surface area contributed by atoms with Crippen LogP contribution in [-0.2, 0) is 4.79 Å². The molecule has 2 aliphatic heterocycles. The number of nitrogens with one attached hydrogen (secondary N) is 1. The first-order valence-electron chi connectivity index (χ1n) is 10.9. The topological polar surface area (TPSA) is 98.7 Å². The van der Waals surface area contributed by atoms with E-state index in [1.807, 2.05) is 48.2 Å². The van der Waals surface area contributed by atoms with Crippen molar-refractivity contribution in [1.82, 2.24) is 15.2 Å². The Kier molecular flexibility index (Phi) is 7.17. The number of carbonyl (C=O) groups is 1. The summed E-state index contributed by atoms with van der Waals surface area (Å²) in [5.74, 6) is 0.254. The predicted molar refractivity (Wildman–Crippen MR) is 134 cm³/mol. The van der Waals surface area contributed by atoms with Crippen molar-refractivity contribution in [3.05, 3.63) is 58.7 Å². The van der Waals surface area contributed by atoms with Gasteiger partial charge in [-0.05, 0) is 24.6 Å². The summed E-state index contributed by atoms with van der Waals surface area (Å²) in [4.78, 5) is 22.7. The van der Waals surface area contributed by atoms with Crippen molar-refractivity contribution in [2.24, 2.45) is 20.8 Å². The van der Waals surface area contributed by atoms with Gasteiger partial charge in [0.1, 0.15) is 18.5 Å². The lowest BCUT2D eigenvalue weighted by atomic mass is 9.89. The first-order chi connectivity index (χ1) is 15.9. The molecule has 0 bridgehead atoms. The van der Waals surface area contributed by atoms with Crippen molar-refractivity contribution in [2.75, 3.05) is 26.3 Å². The van der Waals surface area contributed by atoms with Crippen LogP contribution in [0.1, 0.15) is 25.3 Å². The lowest BCUT2D eigenvalue weighted by molar-refractivity contribution is -0.129. The zero-order valence-corrected chi connectivity index (χ0v) is 19.9. The summed E-state index contributed by atoms with van der Waals surface area (Å²) in [6.45, 7) is 3.75. The van der Waals surface area contributed by atoms with Crippen LogP contribution in [0.3, 0.4) is 0 Å². The SMILES string of the molecule is CCNC1(C(N)=O)CN(C2=NC=NCN2/N=C(\CC2=CCC(Cl)C=C2)c2ccccc2Cl)C1. The molecule has 1 unspecified atom stereocenters. The van der Waals surface area contributed by atoms with Gasteiger partial charge in [-0.25, -0.2) is 15.0 Å². The molecule has 8 nitrogen and oxygen atoms in total. The maximum atomic E-state index is 12.0. The van der Waals surface area contributed by atoms with E-state index in [2.05, 4.69) is 21.4 Å². The minimum Gasteiger partial charge on any atom is -0.368 e. The molecule has 1 aromatic rings. The van der Waals surface area contributed by atoms with Gasteiger partial charge in [0.2, 0.25) is 11.9 Å². The van der Waals surface area contributed by atoms with Gasteiger partial charge in [0, 0.05) is 30.1 Å². The molecule has 0 radical (unpaired) electrons. The van der Waals surface area contributed by atoms with Crippen LogP contribution in [0.15, 0.2) is 63.2 Å². The minimum absolute atomic E-state index is 0.0123. The highest BCUT2D eigenvalue weighted by Crippen LogP contribution is 2.26. The summed E-state index contributed by atoms with van der Waals surface area (Å²) >= 11 is 12.7. The molecule has 0 aromatic heterocycles. The number of carbonyl (C=O) groups excluding carboxylic acids is 1. The fraction of sp³-hybridized carbons (Fsp3) is 0.391. The van der Waals surface area contributed by atoms with Crippen LogP contribution in [0.2, 0.25) is 5.02 Å². The molecule has 1 fully saturated rings. The predicted octanol–water partition coefficient (Wildman–Crippen LogP) is 2.73. The fourth-order valence-corrected chi connectivity index (χ4v) is 4.49. The highest BCUT2D eigenvalue weighted by molar-refractivity contribution is 6.34. The third-order valence-electron chi connectivity index (χ3n) is 5.81. The van der Waals surface area contributed by atoms with Crippen LogP contribution in [0.4, 0.5) is 0 Å². The van der Waals surface area contributed by atoms with E-state index in [0.717, 1.165) is 23.3 Å². The van der Waals surface area contributed by atoms with Crippen molar-refractivity contribution >= 4 is 47.1 Å².